The minimum atomic E-state index is -3.01. The molecule has 0 aliphatic carbocycles. The zero-order chi connectivity index (χ0) is 18.6. The van der Waals surface area contributed by atoms with Crippen LogP contribution in [-0.4, -0.2) is 35.5 Å². The normalized spacial score (nSPS) is 12.8. The van der Waals surface area contributed by atoms with E-state index in [1.807, 2.05) is 0 Å². The highest BCUT2D eigenvalue weighted by atomic mass is 32.2. The van der Waals surface area contributed by atoms with Crippen molar-refractivity contribution in [2.45, 2.75) is 4.90 Å². The summed E-state index contributed by atoms with van der Waals surface area (Å²) in [6.07, 6.45) is 1.32. The first-order chi connectivity index (χ1) is 11.8. The second-order valence-electron chi connectivity index (χ2n) is 5.02. The van der Waals surface area contributed by atoms with E-state index < -0.39 is 20.6 Å². The number of carbonyl (C=O) groups excluding carboxylic acids is 1. The van der Waals surface area contributed by atoms with Crippen molar-refractivity contribution in [1.29, 1.82) is 0 Å². The Kier molecular flexibility index (Phi) is 5.38. The standard InChI is InChI=1S/C16H16N2O6S/c1-23-12-5-7-13(8-6-12)25(3,22)17-16(19)11-4-9-15(24-2)14(10-11)18(20)21/h4-10H,1-3H3. The highest BCUT2D eigenvalue weighted by molar-refractivity contribution is 7.93. The molecule has 2 aromatic carbocycles. The lowest BCUT2D eigenvalue weighted by Gasteiger charge is -2.06. The average molecular weight is 364 g/mol. The molecule has 2 rings (SSSR count). The minimum Gasteiger partial charge on any atom is -0.497 e. The number of benzene rings is 2. The van der Waals surface area contributed by atoms with E-state index in [0.717, 1.165) is 6.07 Å². The molecule has 1 amide bonds. The monoisotopic (exact) mass is 364 g/mol. The maximum Gasteiger partial charge on any atom is 0.311 e. The average Bonchev–Trinajstić information content (AvgIpc) is 2.60. The molecule has 0 bridgehead atoms. The molecule has 0 saturated heterocycles. The maximum absolute atomic E-state index is 12.7. The summed E-state index contributed by atoms with van der Waals surface area (Å²) in [5.74, 6) is -0.209. The van der Waals surface area contributed by atoms with Gasteiger partial charge in [0.05, 0.1) is 28.9 Å². The SMILES string of the molecule is COc1ccc(S(C)(=O)=NC(=O)c2ccc(OC)c([N+](=O)[O-])c2)cc1. The molecule has 8 nitrogen and oxygen atoms in total. The molecule has 0 spiro atoms. The maximum atomic E-state index is 12.7. The summed E-state index contributed by atoms with van der Waals surface area (Å²) in [5.41, 5.74) is -0.411. The Labute approximate surface area is 144 Å². The summed E-state index contributed by atoms with van der Waals surface area (Å²) in [5, 5.41) is 11.0. The first kappa shape index (κ1) is 18.4. The van der Waals surface area contributed by atoms with Gasteiger partial charge in [-0.2, -0.15) is 4.36 Å². The Morgan fingerprint density at radius 1 is 1.12 bits per heavy atom. The Balaban J connectivity index is 2.42. The number of amides is 1. The van der Waals surface area contributed by atoms with Crippen LogP contribution < -0.4 is 9.47 Å². The van der Waals surface area contributed by atoms with Gasteiger partial charge in [-0.05, 0) is 36.4 Å². The summed E-state index contributed by atoms with van der Waals surface area (Å²) in [6, 6.07) is 10.00. The van der Waals surface area contributed by atoms with Gasteiger partial charge < -0.3 is 9.47 Å². The van der Waals surface area contributed by atoms with Gasteiger partial charge in [0, 0.05) is 22.8 Å². The molecule has 9 heteroatoms. The van der Waals surface area contributed by atoms with Crippen LogP contribution in [0.4, 0.5) is 5.69 Å². The molecule has 2 aromatic rings. The molecule has 0 aliphatic heterocycles. The smallest absolute Gasteiger partial charge is 0.311 e. The topological polar surface area (TPSA) is 108 Å². The molecule has 0 aromatic heterocycles. The summed E-state index contributed by atoms with van der Waals surface area (Å²) in [6.45, 7) is 0. The number of hydrogen-bond donors (Lipinski definition) is 0. The number of hydrogen-bond acceptors (Lipinski definition) is 6. The number of methoxy groups -OCH3 is 2. The van der Waals surface area contributed by atoms with Crippen LogP contribution in [0.2, 0.25) is 0 Å². The van der Waals surface area contributed by atoms with Crippen LogP contribution in [0.3, 0.4) is 0 Å². The van der Waals surface area contributed by atoms with Crippen molar-refractivity contribution in [1.82, 2.24) is 0 Å². The predicted octanol–water partition coefficient (Wildman–Crippen LogP) is 2.91. The molecule has 0 fully saturated rings. The lowest BCUT2D eigenvalue weighted by molar-refractivity contribution is -0.385. The molecular formula is C16H16N2O6S. The van der Waals surface area contributed by atoms with E-state index in [2.05, 4.69) is 4.36 Å². The highest BCUT2D eigenvalue weighted by Gasteiger charge is 2.19. The molecule has 25 heavy (non-hydrogen) atoms. The van der Waals surface area contributed by atoms with E-state index >= 15 is 0 Å². The Hall–Kier alpha value is -2.94. The number of ether oxygens (including phenoxy) is 2. The van der Waals surface area contributed by atoms with E-state index in [9.17, 15) is 19.1 Å². The number of nitrogens with zero attached hydrogens (tertiary/aromatic N) is 2. The van der Waals surface area contributed by atoms with Crippen LogP contribution in [0.15, 0.2) is 51.7 Å². The van der Waals surface area contributed by atoms with Gasteiger partial charge >= 0.3 is 5.69 Å². The van der Waals surface area contributed by atoms with Crippen molar-refractivity contribution in [3.05, 3.63) is 58.1 Å². The Bertz CT molecular complexity index is 930. The van der Waals surface area contributed by atoms with Gasteiger partial charge in [0.2, 0.25) is 0 Å². The van der Waals surface area contributed by atoms with E-state index in [0.29, 0.717) is 10.6 Å². The molecule has 1 unspecified atom stereocenters. The largest absolute Gasteiger partial charge is 0.497 e. The lowest BCUT2D eigenvalue weighted by atomic mass is 10.2. The molecule has 0 heterocycles. The first-order valence-corrected chi connectivity index (χ1v) is 8.94. The summed E-state index contributed by atoms with van der Waals surface area (Å²) >= 11 is 0. The van der Waals surface area contributed by atoms with Crippen molar-refractivity contribution >= 4 is 21.3 Å². The zero-order valence-corrected chi connectivity index (χ0v) is 14.6. The second-order valence-corrected chi connectivity index (χ2v) is 7.28. The fourth-order valence-electron chi connectivity index (χ4n) is 2.06. The van der Waals surface area contributed by atoms with Gasteiger partial charge in [-0.25, -0.2) is 4.21 Å². The van der Waals surface area contributed by atoms with Gasteiger partial charge in [-0.15, -0.1) is 0 Å². The fraction of sp³-hybridized carbons (Fsp3) is 0.188. The van der Waals surface area contributed by atoms with Crippen LogP contribution >= 0.6 is 0 Å². The van der Waals surface area contributed by atoms with Gasteiger partial charge in [0.25, 0.3) is 5.91 Å². The molecular weight excluding hydrogens is 348 g/mol. The molecule has 0 aliphatic rings. The third kappa shape index (κ3) is 4.13. The van der Waals surface area contributed by atoms with Gasteiger partial charge in [0.1, 0.15) is 5.75 Å². The van der Waals surface area contributed by atoms with Crippen LogP contribution in [0.5, 0.6) is 11.5 Å². The Morgan fingerprint density at radius 2 is 1.76 bits per heavy atom. The van der Waals surface area contributed by atoms with Crippen molar-refractivity contribution in [3.8, 4) is 11.5 Å². The molecule has 1 atom stereocenters. The van der Waals surface area contributed by atoms with Crippen molar-refractivity contribution in [2.24, 2.45) is 4.36 Å². The number of carbonyl (C=O) groups is 1. The van der Waals surface area contributed by atoms with E-state index in [4.69, 9.17) is 9.47 Å². The van der Waals surface area contributed by atoms with Crippen molar-refractivity contribution in [2.75, 3.05) is 20.5 Å². The van der Waals surface area contributed by atoms with Crippen LogP contribution in [0.25, 0.3) is 0 Å². The quantitative estimate of drug-likeness (QED) is 0.596. The van der Waals surface area contributed by atoms with Crippen LogP contribution in [0.1, 0.15) is 10.4 Å². The van der Waals surface area contributed by atoms with E-state index in [1.54, 1.807) is 24.3 Å². The fourth-order valence-corrected chi connectivity index (χ4v) is 3.23. The molecule has 0 saturated carbocycles. The summed E-state index contributed by atoms with van der Waals surface area (Å²) in [4.78, 5) is 23.0. The minimum absolute atomic E-state index is 0.0222. The van der Waals surface area contributed by atoms with Crippen LogP contribution in [-0.2, 0) is 9.73 Å². The van der Waals surface area contributed by atoms with E-state index in [-0.39, 0.29) is 17.0 Å². The van der Waals surface area contributed by atoms with Crippen molar-refractivity contribution < 1.29 is 23.4 Å². The van der Waals surface area contributed by atoms with Gasteiger partial charge in [-0.1, -0.05) is 0 Å². The summed E-state index contributed by atoms with van der Waals surface area (Å²) in [7, 11) is -0.221. The third-order valence-electron chi connectivity index (χ3n) is 3.38. The van der Waals surface area contributed by atoms with Gasteiger partial charge in [-0.3, -0.25) is 14.9 Å². The lowest BCUT2D eigenvalue weighted by Crippen LogP contribution is -2.05. The van der Waals surface area contributed by atoms with Gasteiger partial charge in [0.15, 0.2) is 5.75 Å². The predicted molar refractivity (Wildman–Crippen MR) is 91.7 cm³/mol. The molecule has 132 valence electrons. The number of nitro benzene ring substituents is 1. The second kappa shape index (κ2) is 7.31. The number of nitro groups is 1. The Morgan fingerprint density at radius 3 is 2.28 bits per heavy atom. The molecule has 0 radical (unpaired) electrons. The first-order valence-electron chi connectivity index (χ1n) is 7.01. The van der Waals surface area contributed by atoms with E-state index in [1.165, 1.54) is 32.6 Å². The zero-order valence-electron chi connectivity index (χ0n) is 13.8. The number of rotatable bonds is 5. The summed E-state index contributed by atoms with van der Waals surface area (Å²) < 4.78 is 26.4. The van der Waals surface area contributed by atoms with Crippen LogP contribution in [0, 0.1) is 10.1 Å². The highest BCUT2D eigenvalue weighted by Crippen LogP contribution is 2.28. The molecule has 0 N–H and O–H groups in total. The van der Waals surface area contributed by atoms with Crippen molar-refractivity contribution in [3.63, 3.8) is 0 Å². The third-order valence-corrected chi connectivity index (χ3v) is 5.04.